The molecule has 0 saturated heterocycles. The molecule has 92 valence electrons. The maximum absolute atomic E-state index is 5.54. The first-order chi connectivity index (χ1) is 8.25. The summed E-state index contributed by atoms with van der Waals surface area (Å²) in [7, 11) is 1.65. The topological polar surface area (TPSA) is 18.5 Å². The van der Waals surface area contributed by atoms with Gasteiger partial charge in [0.2, 0.25) is 0 Å². The first-order valence-electron chi connectivity index (χ1n) is 6.20. The number of halogens is 1. The molecule has 3 heteroatoms. The highest BCUT2D eigenvalue weighted by molar-refractivity contribution is 9.10. The number of methoxy groups -OCH3 is 1. The predicted molar refractivity (Wildman–Crippen MR) is 70.5 cm³/mol. The summed E-state index contributed by atoms with van der Waals surface area (Å²) < 4.78 is 11.7. The summed E-state index contributed by atoms with van der Waals surface area (Å²) in [6, 6.07) is 4.28. The van der Waals surface area contributed by atoms with Gasteiger partial charge in [-0.3, -0.25) is 0 Å². The lowest BCUT2D eigenvalue weighted by molar-refractivity contribution is 0.0510. The summed E-state index contributed by atoms with van der Waals surface area (Å²) in [6.07, 6.45) is 6.57. The van der Waals surface area contributed by atoms with Crippen LogP contribution < -0.4 is 4.74 Å². The van der Waals surface area contributed by atoms with Crippen LogP contribution in [0.15, 0.2) is 16.6 Å². The molecule has 0 aromatic heterocycles. The molecule has 1 aromatic carbocycles. The second-order valence-electron chi connectivity index (χ2n) is 5.12. The van der Waals surface area contributed by atoms with E-state index in [9.17, 15) is 0 Å². The van der Waals surface area contributed by atoms with Gasteiger partial charge in [-0.25, -0.2) is 0 Å². The van der Waals surface area contributed by atoms with Crippen LogP contribution in [0.4, 0.5) is 0 Å². The van der Waals surface area contributed by atoms with Crippen molar-refractivity contribution in [2.75, 3.05) is 13.9 Å². The molecule has 3 rings (SSSR count). The van der Waals surface area contributed by atoms with Crippen LogP contribution in [0, 0.1) is 0 Å². The van der Waals surface area contributed by atoms with E-state index < -0.39 is 0 Å². The summed E-state index contributed by atoms with van der Waals surface area (Å²) in [5, 5.41) is 0. The predicted octanol–water partition coefficient (Wildman–Crippen LogP) is 3.80. The Kier molecular flexibility index (Phi) is 2.91. The number of ether oxygens (including phenoxy) is 2. The van der Waals surface area contributed by atoms with Crippen LogP contribution in [0.25, 0.3) is 0 Å². The van der Waals surface area contributed by atoms with E-state index in [-0.39, 0.29) is 0 Å². The number of aryl methyl sites for hydroxylation is 1. The van der Waals surface area contributed by atoms with E-state index >= 15 is 0 Å². The van der Waals surface area contributed by atoms with E-state index in [1.807, 2.05) is 0 Å². The van der Waals surface area contributed by atoms with E-state index in [2.05, 4.69) is 28.1 Å². The van der Waals surface area contributed by atoms with Gasteiger partial charge in [-0.15, -0.1) is 0 Å². The van der Waals surface area contributed by atoms with Crippen molar-refractivity contribution in [3.8, 4) is 5.75 Å². The van der Waals surface area contributed by atoms with Gasteiger partial charge >= 0.3 is 0 Å². The first-order valence-corrected chi connectivity index (χ1v) is 6.99. The fourth-order valence-corrected chi connectivity index (χ4v) is 3.93. The van der Waals surface area contributed by atoms with Gasteiger partial charge in [-0.2, -0.15) is 0 Å². The van der Waals surface area contributed by atoms with E-state index in [1.165, 1.54) is 42.1 Å². The van der Waals surface area contributed by atoms with Crippen molar-refractivity contribution >= 4 is 15.9 Å². The van der Waals surface area contributed by atoms with Gasteiger partial charge in [-0.05, 0) is 60.8 Å². The van der Waals surface area contributed by atoms with Crippen molar-refractivity contribution in [3.05, 3.63) is 27.7 Å². The zero-order chi connectivity index (χ0) is 11.9. The van der Waals surface area contributed by atoms with Crippen LogP contribution in [-0.2, 0) is 16.6 Å². The first kappa shape index (κ1) is 11.5. The molecule has 0 atom stereocenters. The Morgan fingerprint density at radius 3 is 2.82 bits per heavy atom. The fraction of sp³-hybridized carbons (Fsp3) is 0.571. The second kappa shape index (κ2) is 4.29. The van der Waals surface area contributed by atoms with Crippen LogP contribution in [-0.4, -0.2) is 13.9 Å². The van der Waals surface area contributed by atoms with Gasteiger partial charge in [0, 0.05) is 11.6 Å². The number of fused-ring (bicyclic) bond motifs is 2. The molecule has 17 heavy (non-hydrogen) atoms. The zero-order valence-electron chi connectivity index (χ0n) is 10.1. The van der Waals surface area contributed by atoms with Crippen LogP contribution in [0.1, 0.15) is 36.8 Å². The summed E-state index contributed by atoms with van der Waals surface area (Å²) in [6.45, 7) is 0.316. The van der Waals surface area contributed by atoms with E-state index in [4.69, 9.17) is 9.47 Å². The molecule has 0 aliphatic heterocycles. The molecule has 0 heterocycles. The fourth-order valence-electron chi connectivity index (χ4n) is 3.03. The average Bonchev–Trinajstić information content (AvgIpc) is 3.06. The van der Waals surface area contributed by atoms with Gasteiger partial charge in [-0.1, -0.05) is 15.9 Å². The summed E-state index contributed by atoms with van der Waals surface area (Å²) in [4.78, 5) is 0. The molecule has 1 fully saturated rings. The Hall–Kier alpha value is -0.540. The van der Waals surface area contributed by atoms with Gasteiger partial charge < -0.3 is 9.47 Å². The molecular weight excluding hydrogens is 280 g/mol. The molecular formula is C14H17BrO2. The minimum absolute atomic E-state index is 0.316. The molecule has 0 unspecified atom stereocenters. The van der Waals surface area contributed by atoms with Crippen molar-refractivity contribution in [2.24, 2.45) is 0 Å². The van der Waals surface area contributed by atoms with Crippen molar-refractivity contribution in [1.29, 1.82) is 0 Å². The van der Waals surface area contributed by atoms with E-state index in [1.54, 1.807) is 12.7 Å². The lowest BCUT2D eigenvalue weighted by Crippen LogP contribution is -2.17. The monoisotopic (exact) mass is 296 g/mol. The zero-order valence-corrected chi connectivity index (χ0v) is 11.7. The van der Waals surface area contributed by atoms with Gasteiger partial charge in [0.1, 0.15) is 5.75 Å². The molecule has 1 saturated carbocycles. The quantitative estimate of drug-likeness (QED) is 0.790. The van der Waals surface area contributed by atoms with Gasteiger partial charge in [0.05, 0.1) is 0 Å². The van der Waals surface area contributed by atoms with Gasteiger partial charge in [0.15, 0.2) is 6.79 Å². The van der Waals surface area contributed by atoms with Crippen LogP contribution in [0.3, 0.4) is 0 Å². The highest BCUT2D eigenvalue weighted by Crippen LogP contribution is 2.57. The van der Waals surface area contributed by atoms with Crippen molar-refractivity contribution in [1.82, 2.24) is 0 Å². The van der Waals surface area contributed by atoms with E-state index in [0.29, 0.717) is 12.2 Å². The number of hydrogen-bond acceptors (Lipinski definition) is 2. The summed E-state index contributed by atoms with van der Waals surface area (Å²) >= 11 is 3.72. The maximum Gasteiger partial charge on any atom is 0.188 e. The van der Waals surface area contributed by atoms with Crippen LogP contribution in [0.5, 0.6) is 5.75 Å². The lowest BCUT2D eigenvalue weighted by atomic mass is 9.80. The van der Waals surface area contributed by atoms with Gasteiger partial charge in [0.25, 0.3) is 0 Å². The Morgan fingerprint density at radius 1 is 1.29 bits per heavy atom. The van der Waals surface area contributed by atoms with Crippen molar-refractivity contribution < 1.29 is 9.47 Å². The van der Waals surface area contributed by atoms with Crippen LogP contribution >= 0.6 is 15.9 Å². The molecule has 0 bridgehead atoms. The largest absolute Gasteiger partial charge is 0.468 e. The number of rotatable bonds is 3. The highest BCUT2D eigenvalue weighted by atomic mass is 79.9. The highest BCUT2D eigenvalue weighted by Gasteiger charge is 2.47. The Morgan fingerprint density at radius 2 is 2.12 bits per heavy atom. The molecule has 0 radical (unpaired) electrons. The minimum atomic E-state index is 0.316. The van der Waals surface area contributed by atoms with Crippen LogP contribution in [0.2, 0.25) is 0 Å². The third-order valence-electron chi connectivity index (χ3n) is 3.97. The molecule has 1 aromatic rings. The summed E-state index contributed by atoms with van der Waals surface area (Å²) in [5.41, 5.74) is 3.52. The molecule has 2 aliphatic rings. The molecule has 0 N–H and O–H groups in total. The Balaban J connectivity index is 1.96. The number of benzene rings is 1. The molecule has 2 aliphatic carbocycles. The second-order valence-corrected chi connectivity index (χ2v) is 5.98. The summed E-state index contributed by atoms with van der Waals surface area (Å²) in [5.74, 6) is 0.912. The smallest absolute Gasteiger partial charge is 0.188 e. The Labute approximate surface area is 110 Å². The lowest BCUT2D eigenvalue weighted by Gasteiger charge is -2.27. The standard InChI is InChI=1S/C14H17BrO2/c1-16-9-17-11-7-10-3-2-4-14(5-6-14)13(10)12(15)8-11/h7-8H,2-6,9H2,1H3. The average molecular weight is 297 g/mol. The maximum atomic E-state index is 5.54. The minimum Gasteiger partial charge on any atom is -0.468 e. The van der Waals surface area contributed by atoms with Crippen molar-refractivity contribution in [2.45, 2.75) is 37.5 Å². The Bertz CT molecular complexity index is 438. The van der Waals surface area contributed by atoms with Crippen molar-refractivity contribution in [3.63, 3.8) is 0 Å². The third-order valence-corrected chi connectivity index (χ3v) is 4.60. The molecule has 1 spiro atoms. The molecule has 0 amide bonds. The normalized spacial score (nSPS) is 20.1. The number of hydrogen-bond donors (Lipinski definition) is 0. The SMILES string of the molecule is COCOc1cc(Br)c2c(c1)CCCC21CC1. The molecule has 2 nitrogen and oxygen atoms in total. The third kappa shape index (κ3) is 2.00. The van der Waals surface area contributed by atoms with E-state index in [0.717, 1.165) is 5.75 Å².